The molecule has 0 saturated carbocycles. The zero-order valence-corrected chi connectivity index (χ0v) is 9.48. The second-order valence-electron chi connectivity index (χ2n) is 3.61. The topological polar surface area (TPSA) is 48.1 Å². The fraction of sp³-hybridized carbons (Fsp3) is 0.154. The Labute approximate surface area is 99.1 Å². The summed E-state index contributed by atoms with van der Waals surface area (Å²) in [5.74, 6) is 0.239. The summed E-state index contributed by atoms with van der Waals surface area (Å²) >= 11 is 0. The van der Waals surface area contributed by atoms with Crippen LogP contribution in [0.4, 0.5) is 4.39 Å². The number of methoxy groups -OCH3 is 1. The van der Waals surface area contributed by atoms with E-state index < -0.39 is 0 Å². The minimum Gasteiger partial charge on any atom is -0.481 e. The van der Waals surface area contributed by atoms with Crippen LogP contribution in [0.1, 0.15) is 5.56 Å². The molecule has 0 bridgehead atoms. The summed E-state index contributed by atoms with van der Waals surface area (Å²) < 4.78 is 17.9. The molecular formula is C13H13FN2O. The van der Waals surface area contributed by atoms with Gasteiger partial charge in [-0.15, -0.1) is 0 Å². The van der Waals surface area contributed by atoms with E-state index in [0.29, 0.717) is 12.4 Å². The predicted octanol–water partition coefficient (Wildman–Crippen LogP) is 2.36. The highest BCUT2D eigenvalue weighted by Gasteiger charge is 2.04. The molecule has 0 saturated heterocycles. The third-order valence-corrected chi connectivity index (χ3v) is 2.45. The largest absolute Gasteiger partial charge is 0.481 e. The number of benzene rings is 1. The van der Waals surface area contributed by atoms with Gasteiger partial charge in [0.25, 0.3) is 0 Å². The SMILES string of the molecule is COc1cc(CN)cc(-c2ccc(F)cc2)n1. The number of halogens is 1. The second-order valence-corrected chi connectivity index (χ2v) is 3.61. The Balaban J connectivity index is 2.46. The van der Waals surface area contributed by atoms with Crippen LogP contribution < -0.4 is 10.5 Å². The molecule has 0 fully saturated rings. The smallest absolute Gasteiger partial charge is 0.213 e. The lowest BCUT2D eigenvalue weighted by Crippen LogP contribution is -1.99. The number of nitrogens with two attached hydrogens (primary N) is 1. The number of nitrogens with zero attached hydrogens (tertiary/aromatic N) is 1. The molecule has 0 amide bonds. The van der Waals surface area contributed by atoms with Gasteiger partial charge in [0.15, 0.2) is 0 Å². The highest BCUT2D eigenvalue weighted by atomic mass is 19.1. The first-order valence-corrected chi connectivity index (χ1v) is 5.24. The molecule has 4 heteroatoms. The van der Waals surface area contributed by atoms with Gasteiger partial charge in [0.05, 0.1) is 12.8 Å². The Morgan fingerprint density at radius 3 is 2.53 bits per heavy atom. The molecule has 1 aromatic heterocycles. The molecule has 2 aromatic rings. The molecule has 0 radical (unpaired) electrons. The Hall–Kier alpha value is -1.94. The maximum absolute atomic E-state index is 12.8. The van der Waals surface area contributed by atoms with E-state index in [-0.39, 0.29) is 5.82 Å². The highest BCUT2D eigenvalue weighted by molar-refractivity contribution is 5.60. The second kappa shape index (κ2) is 4.93. The summed E-state index contributed by atoms with van der Waals surface area (Å²) in [5, 5.41) is 0. The Morgan fingerprint density at radius 2 is 1.94 bits per heavy atom. The fourth-order valence-corrected chi connectivity index (χ4v) is 1.55. The van der Waals surface area contributed by atoms with E-state index in [4.69, 9.17) is 10.5 Å². The summed E-state index contributed by atoms with van der Waals surface area (Å²) in [5.41, 5.74) is 8.09. The van der Waals surface area contributed by atoms with Crippen molar-refractivity contribution in [3.63, 3.8) is 0 Å². The lowest BCUT2D eigenvalue weighted by atomic mass is 10.1. The van der Waals surface area contributed by atoms with Crippen molar-refractivity contribution in [2.45, 2.75) is 6.54 Å². The summed E-state index contributed by atoms with van der Waals surface area (Å²) in [4.78, 5) is 4.30. The first-order valence-electron chi connectivity index (χ1n) is 5.24. The number of pyridine rings is 1. The first kappa shape index (κ1) is 11.5. The summed E-state index contributed by atoms with van der Waals surface area (Å²) in [7, 11) is 1.55. The number of hydrogen-bond acceptors (Lipinski definition) is 3. The quantitative estimate of drug-likeness (QED) is 0.883. The lowest BCUT2D eigenvalue weighted by molar-refractivity contribution is 0.398. The van der Waals surface area contributed by atoms with Crippen molar-refractivity contribution in [3.05, 3.63) is 47.8 Å². The van der Waals surface area contributed by atoms with Crippen LogP contribution in [-0.4, -0.2) is 12.1 Å². The minimum absolute atomic E-state index is 0.268. The van der Waals surface area contributed by atoms with E-state index in [1.165, 1.54) is 12.1 Å². The van der Waals surface area contributed by atoms with Gasteiger partial charge in [-0.05, 0) is 35.9 Å². The Morgan fingerprint density at radius 1 is 1.24 bits per heavy atom. The van der Waals surface area contributed by atoms with E-state index >= 15 is 0 Å². The van der Waals surface area contributed by atoms with Gasteiger partial charge >= 0.3 is 0 Å². The van der Waals surface area contributed by atoms with Crippen molar-refractivity contribution in [3.8, 4) is 17.1 Å². The number of aromatic nitrogens is 1. The maximum atomic E-state index is 12.8. The molecule has 3 nitrogen and oxygen atoms in total. The van der Waals surface area contributed by atoms with E-state index in [0.717, 1.165) is 16.8 Å². The van der Waals surface area contributed by atoms with Crippen molar-refractivity contribution in [1.29, 1.82) is 0 Å². The normalized spacial score (nSPS) is 10.3. The predicted molar refractivity (Wildman–Crippen MR) is 64.1 cm³/mol. The minimum atomic E-state index is -0.268. The van der Waals surface area contributed by atoms with Crippen molar-refractivity contribution >= 4 is 0 Å². The Kier molecular flexibility index (Phi) is 3.35. The van der Waals surface area contributed by atoms with Gasteiger partial charge in [0.1, 0.15) is 5.82 Å². The van der Waals surface area contributed by atoms with Crippen LogP contribution in [0.5, 0.6) is 5.88 Å². The van der Waals surface area contributed by atoms with E-state index in [2.05, 4.69) is 4.98 Å². The van der Waals surface area contributed by atoms with Gasteiger partial charge in [-0.25, -0.2) is 9.37 Å². The van der Waals surface area contributed by atoms with Crippen molar-refractivity contribution in [2.75, 3.05) is 7.11 Å². The van der Waals surface area contributed by atoms with Crippen LogP contribution in [-0.2, 0) is 6.54 Å². The first-order chi connectivity index (χ1) is 8.22. The lowest BCUT2D eigenvalue weighted by Gasteiger charge is -2.07. The molecular weight excluding hydrogens is 219 g/mol. The average molecular weight is 232 g/mol. The highest BCUT2D eigenvalue weighted by Crippen LogP contribution is 2.22. The van der Waals surface area contributed by atoms with Crippen LogP contribution in [0.3, 0.4) is 0 Å². The van der Waals surface area contributed by atoms with Crippen molar-refractivity contribution in [2.24, 2.45) is 5.73 Å². The maximum Gasteiger partial charge on any atom is 0.213 e. The molecule has 0 spiro atoms. The van der Waals surface area contributed by atoms with Crippen molar-refractivity contribution < 1.29 is 9.13 Å². The van der Waals surface area contributed by atoms with Gasteiger partial charge in [0, 0.05) is 18.2 Å². The number of hydrogen-bond donors (Lipinski definition) is 1. The molecule has 2 N–H and O–H groups in total. The molecule has 1 aromatic carbocycles. The van der Waals surface area contributed by atoms with Crippen LogP contribution in [0.15, 0.2) is 36.4 Å². The molecule has 1 heterocycles. The monoisotopic (exact) mass is 232 g/mol. The molecule has 2 rings (SSSR count). The molecule has 0 atom stereocenters. The molecule has 88 valence electrons. The van der Waals surface area contributed by atoms with Crippen LogP contribution in [0, 0.1) is 5.82 Å². The number of rotatable bonds is 3. The zero-order valence-electron chi connectivity index (χ0n) is 9.48. The third kappa shape index (κ3) is 2.60. The van der Waals surface area contributed by atoms with E-state index in [1.807, 2.05) is 6.07 Å². The summed E-state index contributed by atoms with van der Waals surface area (Å²) in [6, 6.07) is 9.81. The van der Waals surface area contributed by atoms with Gasteiger partial charge in [0.2, 0.25) is 5.88 Å². The summed E-state index contributed by atoms with van der Waals surface area (Å²) in [6.45, 7) is 0.410. The van der Waals surface area contributed by atoms with Crippen LogP contribution in [0.25, 0.3) is 11.3 Å². The molecule has 17 heavy (non-hydrogen) atoms. The summed E-state index contributed by atoms with van der Waals surface area (Å²) in [6.07, 6.45) is 0. The van der Waals surface area contributed by atoms with Gasteiger partial charge < -0.3 is 10.5 Å². The molecule has 0 aliphatic rings. The van der Waals surface area contributed by atoms with Gasteiger partial charge in [-0.1, -0.05) is 0 Å². The Bertz CT molecular complexity index is 489. The molecule has 0 unspecified atom stereocenters. The zero-order chi connectivity index (χ0) is 12.3. The third-order valence-electron chi connectivity index (χ3n) is 2.45. The van der Waals surface area contributed by atoms with Gasteiger partial charge in [-0.3, -0.25) is 0 Å². The average Bonchev–Trinajstić information content (AvgIpc) is 2.39. The molecule has 0 aliphatic heterocycles. The van der Waals surface area contributed by atoms with E-state index in [9.17, 15) is 4.39 Å². The van der Waals surface area contributed by atoms with Crippen LogP contribution in [0.2, 0.25) is 0 Å². The van der Waals surface area contributed by atoms with E-state index in [1.54, 1.807) is 25.3 Å². The van der Waals surface area contributed by atoms with Crippen molar-refractivity contribution in [1.82, 2.24) is 4.98 Å². The molecule has 0 aliphatic carbocycles. The fourth-order valence-electron chi connectivity index (χ4n) is 1.55. The van der Waals surface area contributed by atoms with Crippen LogP contribution >= 0.6 is 0 Å². The number of ether oxygens (including phenoxy) is 1. The van der Waals surface area contributed by atoms with Gasteiger partial charge in [-0.2, -0.15) is 0 Å². The standard InChI is InChI=1S/C13H13FN2O/c1-17-13-7-9(8-15)6-12(16-13)10-2-4-11(14)5-3-10/h2-7H,8,15H2,1H3.